The average molecular weight is 348 g/mol. The second-order valence-corrected chi connectivity index (χ2v) is 8.19. The molecular weight excluding hydrogens is 324 g/mol. The highest BCUT2D eigenvalue weighted by Gasteiger charge is 2.30. The summed E-state index contributed by atoms with van der Waals surface area (Å²) < 4.78 is 5.39. The van der Waals surface area contributed by atoms with Gasteiger partial charge in [-0.3, -0.25) is 9.69 Å². The van der Waals surface area contributed by atoms with Gasteiger partial charge >= 0.3 is 0 Å². The van der Waals surface area contributed by atoms with Gasteiger partial charge in [-0.15, -0.1) is 11.3 Å². The molecule has 1 aliphatic rings. The molecule has 24 heavy (non-hydrogen) atoms. The number of hydrogen-bond acceptors (Lipinski definition) is 6. The van der Waals surface area contributed by atoms with E-state index in [1.165, 1.54) is 11.3 Å². The van der Waals surface area contributed by atoms with Gasteiger partial charge in [0.05, 0.1) is 24.0 Å². The molecule has 0 aromatic carbocycles. The number of hydrogen-bond donors (Lipinski definition) is 1. The first-order valence-electron chi connectivity index (χ1n) is 8.26. The van der Waals surface area contributed by atoms with Gasteiger partial charge in [0.1, 0.15) is 0 Å². The van der Waals surface area contributed by atoms with Crippen molar-refractivity contribution in [3.63, 3.8) is 0 Å². The van der Waals surface area contributed by atoms with Crippen LogP contribution in [0.2, 0.25) is 0 Å². The number of rotatable bonds is 4. The molecule has 0 radical (unpaired) electrons. The molecule has 0 saturated carbocycles. The first-order chi connectivity index (χ1) is 11.3. The Morgan fingerprint density at radius 1 is 1.50 bits per heavy atom. The summed E-state index contributed by atoms with van der Waals surface area (Å²) in [5, 5.41) is 9.55. The summed E-state index contributed by atoms with van der Waals surface area (Å²) in [6.07, 6.45) is 2.05. The Morgan fingerprint density at radius 3 is 2.92 bits per heavy atom. The third kappa shape index (κ3) is 3.84. The molecular formula is C17H24N4O2S. The lowest BCUT2D eigenvalue weighted by Crippen LogP contribution is -2.32. The molecule has 3 rings (SSSR count). The van der Waals surface area contributed by atoms with Gasteiger partial charge in [-0.05, 0) is 26.3 Å². The number of aromatic nitrogens is 2. The maximum Gasteiger partial charge on any atom is 0.240 e. The van der Waals surface area contributed by atoms with Crippen molar-refractivity contribution in [3.8, 4) is 0 Å². The second-order valence-electron chi connectivity index (χ2n) is 7.34. The van der Waals surface area contributed by atoms with E-state index in [0.29, 0.717) is 11.7 Å². The number of anilines is 1. The zero-order valence-corrected chi connectivity index (χ0v) is 15.4. The van der Waals surface area contributed by atoms with E-state index in [-0.39, 0.29) is 17.4 Å². The van der Waals surface area contributed by atoms with Crippen molar-refractivity contribution in [2.24, 2.45) is 0 Å². The molecule has 1 aliphatic heterocycles. The van der Waals surface area contributed by atoms with E-state index in [1.807, 2.05) is 18.4 Å². The maximum atomic E-state index is 12.4. The SMILES string of the molecule is Cc1cc([C@H]2CCCN2CC(=O)Nc2nc(C(C)(C)C)cs2)on1. The molecule has 130 valence electrons. The zero-order chi connectivity index (χ0) is 17.3. The predicted molar refractivity (Wildman–Crippen MR) is 94.2 cm³/mol. The normalized spacial score (nSPS) is 18.9. The highest BCUT2D eigenvalue weighted by atomic mass is 32.1. The largest absolute Gasteiger partial charge is 0.359 e. The Bertz CT molecular complexity index is 716. The molecule has 2 aromatic rings. The van der Waals surface area contributed by atoms with Crippen molar-refractivity contribution >= 4 is 22.4 Å². The van der Waals surface area contributed by atoms with E-state index in [9.17, 15) is 4.79 Å². The molecule has 0 bridgehead atoms. The van der Waals surface area contributed by atoms with E-state index in [0.717, 1.165) is 36.5 Å². The van der Waals surface area contributed by atoms with Crippen LogP contribution >= 0.6 is 11.3 Å². The molecule has 0 unspecified atom stereocenters. The maximum absolute atomic E-state index is 12.4. The third-order valence-electron chi connectivity index (χ3n) is 4.20. The van der Waals surface area contributed by atoms with Crippen LogP contribution in [0.3, 0.4) is 0 Å². The fraction of sp³-hybridized carbons (Fsp3) is 0.588. The summed E-state index contributed by atoms with van der Waals surface area (Å²) in [5.74, 6) is 0.815. The van der Waals surface area contributed by atoms with Gasteiger partial charge in [-0.2, -0.15) is 0 Å². The van der Waals surface area contributed by atoms with Crippen LogP contribution in [0.25, 0.3) is 0 Å². The number of carbonyl (C=O) groups excluding carboxylic acids is 1. The number of amides is 1. The minimum Gasteiger partial charge on any atom is -0.359 e. The van der Waals surface area contributed by atoms with Crippen molar-refractivity contribution in [2.75, 3.05) is 18.4 Å². The van der Waals surface area contributed by atoms with E-state index < -0.39 is 0 Å². The number of nitrogens with one attached hydrogen (secondary N) is 1. The Labute approximate surface area is 146 Å². The second kappa shape index (κ2) is 6.64. The van der Waals surface area contributed by atoms with Crippen LogP contribution in [0.1, 0.15) is 56.8 Å². The molecule has 7 heteroatoms. The zero-order valence-electron chi connectivity index (χ0n) is 14.6. The quantitative estimate of drug-likeness (QED) is 0.915. The van der Waals surface area contributed by atoms with Crippen molar-refractivity contribution in [1.29, 1.82) is 0 Å². The standard InChI is InChI=1S/C17H24N4O2S/c1-11-8-13(23-20-11)12-6-5-7-21(12)9-15(22)19-16-18-14(10-24-16)17(2,3)4/h8,10,12H,5-7,9H2,1-4H3,(H,18,19,22)/t12-/m1/s1. The van der Waals surface area contributed by atoms with Crippen molar-refractivity contribution in [3.05, 3.63) is 28.6 Å². The summed E-state index contributed by atoms with van der Waals surface area (Å²) >= 11 is 1.47. The lowest BCUT2D eigenvalue weighted by Gasteiger charge is -2.21. The summed E-state index contributed by atoms with van der Waals surface area (Å²) in [7, 11) is 0. The smallest absolute Gasteiger partial charge is 0.240 e. The predicted octanol–water partition coefficient (Wildman–Crippen LogP) is 3.51. The van der Waals surface area contributed by atoms with E-state index in [2.05, 4.69) is 41.1 Å². The summed E-state index contributed by atoms with van der Waals surface area (Å²) in [4.78, 5) is 19.0. The molecule has 2 aromatic heterocycles. The Hall–Kier alpha value is -1.73. The molecule has 1 fully saturated rings. The molecule has 0 aliphatic carbocycles. The molecule has 1 amide bonds. The first-order valence-corrected chi connectivity index (χ1v) is 9.14. The highest BCUT2D eigenvalue weighted by molar-refractivity contribution is 7.13. The fourth-order valence-corrected chi connectivity index (χ4v) is 3.85. The fourth-order valence-electron chi connectivity index (χ4n) is 2.90. The van der Waals surface area contributed by atoms with Gasteiger partial charge in [0.2, 0.25) is 5.91 Å². The topological polar surface area (TPSA) is 71.3 Å². The molecule has 0 spiro atoms. The van der Waals surface area contributed by atoms with Gasteiger partial charge < -0.3 is 9.84 Å². The van der Waals surface area contributed by atoms with Gasteiger partial charge in [-0.25, -0.2) is 4.98 Å². The van der Waals surface area contributed by atoms with Gasteiger partial charge in [0, 0.05) is 16.9 Å². The van der Waals surface area contributed by atoms with Crippen LogP contribution in [0.5, 0.6) is 0 Å². The van der Waals surface area contributed by atoms with Crippen LogP contribution in [0.4, 0.5) is 5.13 Å². The summed E-state index contributed by atoms with van der Waals surface area (Å²) in [6, 6.07) is 2.09. The average Bonchev–Trinajstić information content (AvgIpc) is 3.18. The van der Waals surface area contributed by atoms with Crippen LogP contribution in [0, 0.1) is 6.92 Å². The van der Waals surface area contributed by atoms with Crippen molar-refractivity contribution < 1.29 is 9.32 Å². The van der Waals surface area contributed by atoms with E-state index >= 15 is 0 Å². The van der Waals surface area contributed by atoms with Crippen LogP contribution in [0.15, 0.2) is 16.0 Å². The highest BCUT2D eigenvalue weighted by Crippen LogP contribution is 2.32. The Morgan fingerprint density at radius 2 is 2.29 bits per heavy atom. The van der Waals surface area contributed by atoms with Gasteiger partial charge in [0.15, 0.2) is 10.9 Å². The van der Waals surface area contributed by atoms with E-state index in [4.69, 9.17) is 4.52 Å². The first kappa shape index (κ1) is 17.1. The minimum absolute atomic E-state index is 0.0102. The van der Waals surface area contributed by atoms with Crippen molar-refractivity contribution in [1.82, 2.24) is 15.0 Å². The minimum atomic E-state index is -0.0343. The molecule has 6 nitrogen and oxygen atoms in total. The van der Waals surface area contributed by atoms with Gasteiger partial charge in [0.25, 0.3) is 0 Å². The number of carbonyl (C=O) groups is 1. The monoisotopic (exact) mass is 348 g/mol. The summed E-state index contributed by atoms with van der Waals surface area (Å²) in [5.41, 5.74) is 1.86. The number of nitrogens with zero attached hydrogens (tertiary/aromatic N) is 3. The Kier molecular flexibility index (Phi) is 4.73. The van der Waals surface area contributed by atoms with Crippen molar-refractivity contribution in [2.45, 2.75) is 52.0 Å². The van der Waals surface area contributed by atoms with Crippen LogP contribution in [-0.4, -0.2) is 34.0 Å². The Balaban J connectivity index is 1.61. The number of thiazole rings is 1. The number of aryl methyl sites for hydroxylation is 1. The van der Waals surface area contributed by atoms with Crippen LogP contribution < -0.4 is 5.32 Å². The molecule has 1 atom stereocenters. The molecule has 3 heterocycles. The lowest BCUT2D eigenvalue weighted by atomic mass is 9.93. The third-order valence-corrected chi connectivity index (χ3v) is 4.96. The molecule has 1 saturated heterocycles. The van der Waals surface area contributed by atoms with E-state index in [1.54, 1.807) is 0 Å². The number of likely N-dealkylation sites (tertiary alicyclic amines) is 1. The van der Waals surface area contributed by atoms with Gasteiger partial charge in [-0.1, -0.05) is 25.9 Å². The van der Waals surface area contributed by atoms with Crippen LogP contribution in [-0.2, 0) is 10.2 Å². The molecule has 1 N–H and O–H groups in total. The lowest BCUT2D eigenvalue weighted by molar-refractivity contribution is -0.117. The summed E-state index contributed by atoms with van der Waals surface area (Å²) in [6.45, 7) is 9.48.